The van der Waals surface area contributed by atoms with E-state index in [1.54, 1.807) is 0 Å². The number of rotatable bonds is 12. The van der Waals surface area contributed by atoms with Crippen molar-refractivity contribution in [1.82, 2.24) is 0 Å². The van der Waals surface area contributed by atoms with Gasteiger partial charge in [0.25, 0.3) is 0 Å². The maximum absolute atomic E-state index is 11.2. The fourth-order valence-electron chi connectivity index (χ4n) is 5.89. The third-order valence-corrected chi connectivity index (χ3v) is 8.13. The van der Waals surface area contributed by atoms with Crippen LogP contribution in [0.2, 0.25) is 0 Å². The molecule has 0 spiro atoms. The largest absolute Gasteiger partial charge is 0.831 e. The van der Waals surface area contributed by atoms with Gasteiger partial charge in [0.15, 0.2) is 0 Å². The Labute approximate surface area is 224 Å². The molecule has 1 aliphatic carbocycles. The average molecular weight is 507 g/mol. The Morgan fingerprint density at radius 2 is 1.24 bits per heavy atom. The number of aliphatic hydroxyl groups is 1. The van der Waals surface area contributed by atoms with E-state index in [0.29, 0.717) is 12.8 Å². The molecule has 3 rings (SSSR count). The Kier molecular flexibility index (Phi) is 9.29. The topological polar surface area (TPSA) is 83.4 Å². The van der Waals surface area contributed by atoms with Gasteiger partial charge in [0.05, 0.1) is 0 Å². The van der Waals surface area contributed by atoms with E-state index in [4.69, 9.17) is 0 Å². The Hall–Kier alpha value is -2.17. The highest BCUT2D eigenvalue weighted by molar-refractivity contribution is 5.82. The SMILES string of the molecule is CC(C)(C)c1ccc2c(c1)C(CCCCCC(=O)[O-])(CCCCCC([O-])O)c1cc(C(C)(C)C)ccc1-2. The van der Waals surface area contributed by atoms with Gasteiger partial charge in [-0.25, -0.2) is 0 Å². The maximum atomic E-state index is 11.2. The summed E-state index contributed by atoms with van der Waals surface area (Å²) in [6, 6.07) is 14.0. The highest BCUT2D eigenvalue weighted by Crippen LogP contribution is 2.55. The van der Waals surface area contributed by atoms with Gasteiger partial charge in [-0.2, -0.15) is 0 Å². The van der Waals surface area contributed by atoms with Crippen LogP contribution in [0.1, 0.15) is 128 Å². The van der Waals surface area contributed by atoms with Gasteiger partial charge >= 0.3 is 0 Å². The van der Waals surface area contributed by atoms with Crippen molar-refractivity contribution in [2.75, 3.05) is 0 Å². The van der Waals surface area contributed by atoms with Crippen LogP contribution in [-0.2, 0) is 21.0 Å². The molecule has 0 amide bonds. The molecule has 0 bridgehead atoms. The second kappa shape index (κ2) is 11.7. The van der Waals surface area contributed by atoms with Crippen molar-refractivity contribution in [2.45, 2.75) is 128 Å². The smallest absolute Gasteiger partial charge is 0.0414 e. The van der Waals surface area contributed by atoms with Gasteiger partial charge in [0.1, 0.15) is 0 Å². The number of fused-ring (bicyclic) bond motifs is 3. The van der Waals surface area contributed by atoms with Crippen molar-refractivity contribution in [2.24, 2.45) is 0 Å². The van der Waals surface area contributed by atoms with Gasteiger partial charge in [-0.05, 0) is 82.6 Å². The van der Waals surface area contributed by atoms with Gasteiger partial charge in [-0.1, -0.05) is 110 Å². The predicted molar refractivity (Wildman–Crippen MR) is 147 cm³/mol. The number of unbranched alkanes of at least 4 members (excludes halogenated alkanes) is 4. The van der Waals surface area contributed by atoms with Crippen LogP contribution in [0, 0.1) is 0 Å². The molecule has 0 heterocycles. The zero-order valence-electron chi connectivity index (χ0n) is 23.8. The molecule has 37 heavy (non-hydrogen) atoms. The van der Waals surface area contributed by atoms with E-state index >= 15 is 0 Å². The van der Waals surface area contributed by atoms with E-state index in [9.17, 15) is 20.1 Å². The van der Waals surface area contributed by atoms with Gasteiger partial charge in [0, 0.05) is 11.4 Å². The lowest BCUT2D eigenvalue weighted by Gasteiger charge is -2.35. The van der Waals surface area contributed by atoms with E-state index < -0.39 is 12.3 Å². The molecule has 0 aromatic heterocycles. The lowest BCUT2D eigenvalue weighted by Crippen LogP contribution is -2.27. The standard InChI is InChI=1S/C33H47O4/c1-31(2,3)23-15-17-25-26-18-16-24(32(4,5)6)22-28(26)33(27(25)21-23,19-11-7-9-13-29(34)35)20-12-8-10-14-30(36)37/h15-18,21-22,29,34H,7-14,19-20H2,1-6H3,(H,36,37)/q-1/p-1. The number of benzene rings is 2. The van der Waals surface area contributed by atoms with Crippen LogP contribution in [0.4, 0.5) is 0 Å². The predicted octanol–water partition coefficient (Wildman–Crippen LogP) is 5.88. The molecule has 204 valence electrons. The number of carbonyl (C=O) groups is 1. The Balaban J connectivity index is 2.08. The Morgan fingerprint density at radius 3 is 1.65 bits per heavy atom. The molecule has 4 nitrogen and oxygen atoms in total. The quantitative estimate of drug-likeness (QED) is 0.288. The van der Waals surface area contributed by atoms with Crippen LogP contribution in [-0.4, -0.2) is 17.4 Å². The molecule has 1 unspecified atom stereocenters. The average Bonchev–Trinajstić information content (AvgIpc) is 3.06. The first-order valence-electron chi connectivity index (χ1n) is 14.1. The summed E-state index contributed by atoms with van der Waals surface area (Å²) in [5.41, 5.74) is 7.98. The summed E-state index contributed by atoms with van der Waals surface area (Å²) in [5, 5.41) is 31.3. The van der Waals surface area contributed by atoms with Crippen molar-refractivity contribution >= 4 is 5.97 Å². The maximum Gasteiger partial charge on any atom is 0.0414 e. The molecule has 0 saturated carbocycles. The number of hydrogen-bond acceptors (Lipinski definition) is 4. The van der Waals surface area contributed by atoms with E-state index in [1.165, 1.54) is 33.4 Å². The molecule has 1 atom stereocenters. The lowest BCUT2D eigenvalue weighted by molar-refractivity contribution is -0.483. The molecule has 2 aromatic rings. The number of aliphatic carboxylic acids is 1. The number of carbonyl (C=O) groups excluding carboxylic acids is 1. The minimum Gasteiger partial charge on any atom is -0.831 e. The molecule has 4 heteroatoms. The van der Waals surface area contributed by atoms with Crippen molar-refractivity contribution in [1.29, 1.82) is 0 Å². The zero-order valence-corrected chi connectivity index (χ0v) is 23.8. The van der Waals surface area contributed by atoms with Crippen LogP contribution in [0.5, 0.6) is 0 Å². The highest BCUT2D eigenvalue weighted by Gasteiger charge is 2.43. The summed E-state index contributed by atoms with van der Waals surface area (Å²) in [5.74, 6) is -0.975. The third-order valence-electron chi connectivity index (χ3n) is 8.13. The molecule has 0 saturated heterocycles. The fraction of sp³-hybridized carbons (Fsp3) is 0.606. The van der Waals surface area contributed by atoms with Crippen molar-refractivity contribution in [3.63, 3.8) is 0 Å². The first-order chi connectivity index (χ1) is 17.3. The Bertz CT molecular complexity index is 1010. The minimum absolute atomic E-state index is 0.0326. The molecular weight excluding hydrogens is 460 g/mol. The first kappa shape index (κ1) is 29.4. The second-order valence-electron chi connectivity index (χ2n) is 13.1. The fourth-order valence-corrected chi connectivity index (χ4v) is 5.89. The summed E-state index contributed by atoms with van der Waals surface area (Å²) < 4.78 is 0. The number of carboxylic acids is 1. The summed E-state index contributed by atoms with van der Waals surface area (Å²) in [7, 11) is 0. The molecule has 0 radical (unpaired) electrons. The highest BCUT2D eigenvalue weighted by atomic mass is 16.5. The van der Waals surface area contributed by atoms with Crippen LogP contribution in [0.3, 0.4) is 0 Å². The first-order valence-corrected chi connectivity index (χ1v) is 14.1. The van der Waals surface area contributed by atoms with Crippen LogP contribution in [0.25, 0.3) is 11.1 Å². The summed E-state index contributed by atoms with van der Waals surface area (Å²) in [4.78, 5) is 11.0. The third kappa shape index (κ3) is 7.03. The summed E-state index contributed by atoms with van der Waals surface area (Å²) in [6.45, 7) is 13.5. The Morgan fingerprint density at radius 1 is 0.784 bits per heavy atom. The molecule has 1 N–H and O–H groups in total. The zero-order chi connectivity index (χ0) is 27.4. The summed E-state index contributed by atoms with van der Waals surface area (Å²) in [6.07, 6.45) is 5.93. The molecule has 2 aromatic carbocycles. The van der Waals surface area contributed by atoms with Crippen molar-refractivity contribution in [3.05, 3.63) is 58.7 Å². The normalized spacial score (nSPS) is 15.4. The summed E-state index contributed by atoms with van der Waals surface area (Å²) >= 11 is 0. The van der Waals surface area contributed by atoms with Gasteiger partial charge in [0.2, 0.25) is 0 Å². The van der Waals surface area contributed by atoms with E-state index in [0.717, 1.165) is 44.9 Å². The van der Waals surface area contributed by atoms with Crippen molar-refractivity contribution < 1.29 is 20.1 Å². The van der Waals surface area contributed by atoms with E-state index in [-0.39, 0.29) is 22.7 Å². The number of carboxylic acid groups (broad SMARTS) is 1. The molecule has 1 aliphatic rings. The second-order valence-corrected chi connectivity index (χ2v) is 13.1. The van der Waals surface area contributed by atoms with Crippen LogP contribution >= 0.6 is 0 Å². The van der Waals surface area contributed by atoms with E-state index in [1.807, 2.05) is 0 Å². The van der Waals surface area contributed by atoms with Gasteiger partial charge < -0.3 is 20.1 Å². The number of aliphatic hydroxyl groups excluding tert-OH is 1. The van der Waals surface area contributed by atoms with Crippen LogP contribution in [0.15, 0.2) is 36.4 Å². The minimum atomic E-state index is -1.49. The van der Waals surface area contributed by atoms with E-state index in [2.05, 4.69) is 77.9 Å². The van der Waals surface area contributed by atoms with Crippen molar-refractivity contribution in [3.8, 4) is 11.1 Å². The molecular formula is C33H46O4-2. The lowest BCUT2D eigenvalue weighted by atomic mass is 9.69. The monoisotopic (exact) mass is 506 g/mol. The number of hydrogen-bond donors (Lipinski definition) is 1. The van der Waals surface area contributed by atoms with Gasteiger partial charge in [-0.3, -0.25) is 0 Å². The molecule has 0 fully saturated rings. The van der Waals surface area contributed by atoms with Gasteiger partial charge in [-0.15, -0.1) is 0 Å². The molecule has 0 aliphatic heterocycles. The van der Waals surface area contributed by atoms with Crippen LogP contribution < -0.4 is 10.2 Å².